The molecule has 1 aromatic heterocycles. The Labute approximate surface area is 125 Å². The number of nitrogens with one attached hydrogen (secondary N) is 1. The average Bonchev–Trinajstić information content (AvgIpc) is 2.93. The van der Waals surface area contributed by atoms with Gasteiger partial charge in [0.25, 0.3) is 0 Å². The Bertz CT molecular complexity index is 583. The summed E-state index contributed by atoms with van der Waals surface area (Å²) in [6.45, 7) is 3.02. The van der Waals surface area contributed by atoms with Crippen molar-refractivity contribution in [2.45, 2.75) is 19.4 Å². The summed E-state index contributed by atoms with van der Waals surface area (Å²) >= 11 is 0. The van der Waals surface area contributed by atoms with E-state index in [-0.39, 0.29) is 6.04 Å². The van der Waals surface area contributed by atoms with Crippen LogP contribution in [-0.4, -0.2) is 35.8 Å². The number of rotatable bonds is 7. The summed E-state index contributed by atoms with van der Waals surface area (Å²) in [7, 11) is 5.18. The number of aromatic nitrogens is 3. The number of aryl methyl sites for hydroxylation is 1. The van der Waals surface area contributed by atoms with E-state index < -0.39 is 0 Å². The number of methoxy groups -OCH3 is 2. The molecule has 0 radical (unpaired) electrons. The third-order valence-corrected chi connectivity index (χ3v) is 3.39. The fourth-order valence-electron chi connectivity index (χ4n) is 2.36. The summed E-state index contributed by atoms with van der Waals surface area (Å²) in [5.41, 5.74) is 1.99. The molecule has 1 unspecified atom stereocenters. The lowest BCUT2D eigenvalue weighted by Crippen LogP contribution is -2.25. The number of benzene rings is 1. The first kappa shape index (κ1) is 15.3. The molecule has 0 amide bonds. The van der Waals surface area contributed by atoms with Gasteiger partial charge >= 0.3 is 0 Å². The van der Waals surface area contributed by atoms with Crippen molar-refractivity contribution in [3.05, 3.63) is 35.7 Å². The second-order valence-electron chi connectivity index (χ2n) is 4.75. The Morgan fingerprint density at radius 2 is 2.10 bits per heavy atom. The predicted molar refractivity (Wildman–Crippen MR) is 80.7 cm³/mol. The first-order valence-corrected chi connectivity index (χ1v) is 7.01. The molecule has 21 heavy (non-hydrogen) atoms. The summed E-state index contributed by atoms with van der Waals surface area (Å²) in [5.74, 6) is 1.45. The van der Waals surface area contributed by atoms with E-state index in [2.05, 4.69) is 22.6 Å². The highest BCUT2D eigenvalue weighted by atomic mass is 16.5. The zero-order valence-corrected chi connectivity index (χ0v) is 13.0. The van der Waals surface area contributed by atoms with Gasteiger partial charge in [-0.2, -0.15) is 0 Å². The SMILES string of the molecule is CCCNC(c1cccc(OC)c1OC)c1cnnn1C. The van der Waals surface area contributed by atoms with E-state index in [4.69, 9.17) is 9.47 Å². The van der Waals surface area contributed by atoms with Crippen molar-refractivity contribution in [3.63, 3.8) is 0 Å². The topological polar surface area (TPSA) is 61.2 Å². The molecule has 2 aromatic rings. The largest absolute Gasteiger partial charge is 0.493 e. The van der Waals surface area contributed by atoms with E-state index >= 15 is 0 Å². The highest BCUT2D eigenvalue weighted by Crippen LogP contribution is 2.36. The Morgan fingerprint density at radius 1 is 1.29 bits per heavy atom. The van der Waals surface area contributed by atoms with Gasteiger partial charge in [-0.15, -0.1) is 5.10 Å². The molecule has 1 N–H and O–H groups in total. The van der Waals surface area contributed by atoms with Crippen LogP contribution in [0.5, 0.6) is 11.5 Å². The maximum Gasteiger partial charge on any atom is 0.165 e. The Hall–Kier alpha value is -2.08. The fraction of sp³-hybridized carbons (Fsp3) is 0.467. The zero-order valence-electron chi connectivity index (χ0n) is 13.0. The van der Waals surface area contributed by atoms with Gasteiger partial charge in [-0.25, -0.2) is 0 Å². The molecule has 1 aromatic carbocycles. The van der Waals surface area contributed by atoms with Crippen molar-refractivity contribution < 1.29 is 9.47 Å². The van der Waals surface area contributed by atoms with E-state index in [0.29, 0.717) is 5.75 Å². The second-order valence-corrected chi connectivity index (χ2v) is 4.75. The average molecular weight is 290 g/mol. The van der Waals surface area contributed by atoms with Crippen molar-refractivity contribution in [2.75, 3.05) is 20.8 Å². The van der Waals surface area contributed by atoms with Gasteiger partial charge in [0.15, 0.2) is 11.5 Å². The molecule has 0 aliphatic carbocycles. The van der Waals surface area contributed by atoms with E-state index in [9.17, 15) is 0 Å². The molecule has 1 heterocycles. The Kier molecular flexibility index (Phi) is 5.16. The van der Waals surface area contributed by atoms with Crippen LogP contribution in [0.15, 0.2) is 24.4 Å². The van der Waals surface area contributed by atoms with E-state index in [0.717, 1.165) is 30.0 Å². The number of hydrogen-bond acceptors (Lipinski definition) is 5. The number of nitrogens with zero attached hydrogens (tertiary/aromatic N) is 3. The van der Waals surface area contributed by atoms with Crippen LogP contribution in [-0.2, 0) is 7.05 Å². The van der Waals surface area contributed by atoms with Crippen LogP contribution in [0.25, 0.3) is 0 Å². The van der Waals surface area contributed by atoms with Crippen LogP contribution in [0, 0.1) is 0 Å². The van der Waals surface area contributed by atoms with Crippen molar-refractivity contribution in [3.8, 4) is 11.5 Å². The van der Waals surface area contributed by atoms with Gasteiger partial charge in [-0.1, -0.05) is 24.3 Å². The second kappa shape index (κ2) is 7.08. The molecule has 0 saturated heterocycles. The lowest BCUT2D eigenvalue weighted by atomic mass is 10.0. The lowest BCUT2D eigenvalue weighted by molar-refractivity contribution is 0.348. The number of para-hydroxylation sites is 1. The van der Waals surface area contributed by atoms with Gasteiger partial charge in [-0.3, -0.25) is 4.68 Å². The summed E-state index contributed by atoms with van der Waals surface area (Å²) in [4.78, 5) is 0. The molecule has 0 aliphatic rings. The maximum absolute atomic E-state index is 5.55. The van der Waals surface area contributed by atoms with Gasteiger partial charge in [-0.05, 0) is 19.0 Å². The molecule has 0 saturated carbocycles. The minimum atomic E-state index is -0.0463. The fourth-order valence-corrected chi connectivity index (χ4v) is 2.36. The maximum atomic E-state index is 5.55. The van der Waals surface area contributed by atoms with Crippen LogP contribution in [0.3, 0.4) is 0 Å². The third-order valence-electron chi connectivity index (χ3n) is 3.39. The molecular weight excluding hydrogens is 268 g/mol. The molecule has 0 bridgehead atoms. The predicted octanol–water partition coefficient (Wildman–Crippen LogP) is 1.92. The molecule has 0 fully saturated rings. The molecule has 2 rings (SSSR count). The molecule has 0 aliphatic heterocycles. The molecule has 6 nitrogen and oxygen atoms in total. The van der Waals surface area contributed by atoms with Gasteiger partial charge in [0, 0.05) is 12.6 Å². The van der Waals surface area contributed by atoms with Crippen LogP contribution < -0.4 is 14.8 Å². The van der Waals surface area contributed by atoms with Gasteiger partial charge in [0.05, 0.1) is 32.2 Å². The summed E-state index contributed by atoms with van der Waals surface area (Å²) < 4.78 is 12.7. The highest BCUT2D eigenvalue weighted by Gasteiger charge is 2.23. The molecular formula is C15H22N4O2. The zero-order chi connectivity index (χ0) is 15.2. The van der Waals surface area contributed by atoms with Crippen LogP contribution >= 0.6 is 0 Å². The van der Waals surface area contributed by atoms with Gasteiger partial charge < -0.3 is 14.8 Å². The minimum absolute atomic E-state index is 0.0463. The lowest BCUT2D eigenvalue weighted by Gasteiger charge is -2.22. The summed E-state index contributed by atoms with van der Waals surface area (Å²) in [5, 5.41) is 11.5. The molecule has 0 spiro atoms. The van der Waals surface area contributed by atoms with Crippen molar-refractivity contribution in [1.82, 2.24) is 20.3 Å². The van der Waals surface area contributed by atoms with Crippen LogP contribution in [0.4, 0.5) is 0 Å². The third kappa shape index (κ3) is 3.16. The quantitative estimate of drug-likeness (QED) is 0.844. The first-order chi connectivity index (χ1) is 10.2. The summed E-state index contributed by atoms with van der Waals surface area (Å²) in [6, 6.07) is 5.83. The Morgan fingerprint density at radius 3 is 2.67 bits per heavy atom. The van der Waals surface area contributed by atoms with Crippen LogP contribution in [0.2, 0.25) is 0 Å². The normalized spacial score (nSPS) is 12.2. The Balaban J connectivity index is 2.49. The van der Waals surface area contributed by atoms with Crippen molar-refractivity contribution in [2.24, 2.45) is 7.05 Å². The van der Waals surface area contributed by atoms with E-state index in [1.165, 1.54) is 0 Å². The van der Waals surface area contributed by atoms with Gasteiger partial charge in [0.1, 0.15) is 0 Å². The molecule has 6 heteroatoms. The standard InChI is InChI=1S/C15H22N4O2/c1-5-9-16-14(12-10-17-18-19(12)2)11-7-6-8-13(20-3)15(11)21-4/h6-8,10,14,16H,5,9H2,1-4H3. The monoisotopic (exact) mass is 290 g/mol. The first-order valence-electron chi connectivity index (χ1n) is 7.01. The van der Waals surface area contributed by atoms with E-state index in [1.54, 1.807) is 25.1 Å². The van der Waals surface area contributed by atoms with Gasteiger partial charge in [0.2, 0.25) is 0 Å². The molecule has 1 atom stereocenters. The van der Waals surface area contributed by atoms with Crippen molar-refractivity contribution >= 4 is 0 Å². The highest BCUT2D eigenvalue weighted by molar-refractivity contribution is 5.49. The van der Waals surface area contributed by atoms with E-state index in [1.807, 2.05) is 25.2 Å². The number of ether oxygens (including phenoxy) is 2. The van der Waals surface area contributed by atoms with Crippen LogP contribution in [0.1, 0.15) is 30.6 Å². The van der Waals surface area contributed by atoms with Crippen molar-refractivity contribution in [1.29, 1.82) is 0 Å². The minimum Gasteiger partial charge on any atom is -0.493 e. The number of hydrogen-bond donors (Lipinski definition) is 1. The molecule has 114 valence electrons. The smallest absolute Gasteiger partial charge is 0.165 e. The summed E-state index contributed by atoms with van der Waals surface area (Å²) in [6.07, 6.45) is 2.81.